The first-order chi connectivity index (χ1) is 7.76. The van der Waals surface area contributed by atoms with Gasteiger partial charge in [0.25, 0.3) is 0 Å². The van der Waals surface area contributed by atoms with E-state index in [0.29, 0.717) is 6.04 Å². The Morgan fingerprint density at radius 1 is 1.44 bits per heavy atom. The Labute approximate surface area is 98.2 Å². The van der Waals surface area contributed by atoms with Crippen LogP contribution in [0.1, 0.15) is 30.4 Å². The molecule has 0 amide bonds. The number of rotatable bonds is 6. The van der Waals surface area contributed by atoms with Crippen molar-refractivity contribution < 1.29 is 0 Å². The van der Waals surface area contributed by atoms with E-state index < -0.39 is 0 Å². The minimum absolute atomic E-state index is 0.316. The van der Waals surface area contributed by atoms with E-state index in [4.69, 9.17) is 12.3 Å². The molecule has 0 aliphatic carbocycles. The van der Waals surface area contributed by atoms with Crippen LogP contribution in [0.15, 0.2) is 24.3 Å². The SMILES string of the molecule is C#CCCC(CCc1cccc(C)c1)NN. The van der Waals surface area contributed by atoms with Crippen LogP contribution in [-0.2, 0) is 6.42 Å². The summed E-state index contributed by atoms with van der Waals surface area (Å²) in [5.41, 5.74) is 5.49. The van der Waals surface area contributed by atoms with Crippen LogP contribution >= 0.6 is 0 Å². The first-order valence-electron chi connectivity index (χ1n) is 5.71. The Morgan fingerprint density at radius 2 is 2.25 bits per heavy atom. The van der Waals surface area contributed by atoms with E-state index in [1.807, 2.05) is 0 Å². The minimum Gasteiger partial charge on any atom is -0.271 e. The lowest BCUT2D eigenvalue weighted by Gasteiger charge is -2.14. The molecule has 0 fully saturated rings. The Kier molecular flexibility index (Phi) is 5.63. The van der Waals surface area contributed by atoms with Gasteiger partial charge in [-0.2, -0.15) is 0 Å². The molecule has 2 heteroatoms. The molecule has 1 aromatic rings. The van der Waals surface area contributed by atoms with Gasteiger partial charge in [-0.1, -0.05) is 29.8 Å². The first-order valence-corrected chi connectivity index (χ1v) is 5.71. The lowest BCUT2D eigenvalue weighted by Crippen LogP contribution is -2.35. The molecule has 0 heterocycles. The second-order valence-corrected chi connectivity index (χ2v) is 4.13. The van der Waals surface area contributed by atoms with Crippen molar-refractivity contribution in [1.82, 2.24) is 5.43 Å². The smallest absolute Gasteiger partial charge is 0.0222 e. The normalized spacial score (nSPS) is 12.1. The highest BCUT2D eigenvalue weighted by Gasteiger charge is 2.05. The average Bonchev–Trinajstić information content (AvgIpc) is 2.29. The molecule has 0 bridgehead atoms. The summed E-state index contributed by atoms with van der Waals surface area (Å²) in [4.78, 5) is 0. The molecule has 1 unspecified atom stereocenters. The second kappa shape index (κ2) is 7.05. The summed E-state index contributed by atoms with van der Waals surface area (Å²) in [6.45, 7) is 2.11. The molecule has 0 aliphatic heterocycles. The maximum atomic E-state index is 5.49. The first kappa shape index (κ1) is 12.8. The Morgan fingerprint density at radius 3 is 2.88 bits per heavy atom. The predicted molar refractivity (Wildman–Crippen MR) is 68.7 cm³/mol. The van der Waals surface area contributed by atoms with Gasteiger partial charge >= 0.3 is 0 Å². The lowest BCUT2D eigenvalue weighted by molar-refractivity contribution is 0.469. The highest BCUT2D eigenvalue weighted by Crippen LogP contribution is 2.10. The Bertz CT molecular complexity index is 352. The minimum atomic E-state index is 0.316. The second-order valence-electron chi connectivity index (χ2n) is 4.13. The van der Waals surface area contributed by atoms with E-state index in [0.717, 1.165) is 25.7 Å². The molecule has 1 atom stereocenters. The number of aryl methyl sites for hydroxylation is 2. The molecule has 86 valence electrons. The number of nitrogens with one attached hydrogen (secondary N) is 1. The van der Waals surface area contributed by atoms with E-state index >= 15 is 0 Å². The number of hydrazine groups is 1. The molecule has 2 nitrogen and oxygen atoms in total. The number of benzene rings is 1. The highest BCUT2D eigenvalue weighted by atomic mass is 15.2. The highest BCUT2D eigenvalue weighted by molar-refractivity contribution is 5.22. The molecule has 0 radical (unpaired) electrons. The fraction of sp³-hybridized carbons (Fsp3) is 0.429. The van der Waals surface area contributed by atoms with Gasteiger partial charge in [-0.15, -0.1) is 12.3 Å². The molecule has 0 saturated heterocycles. The molecule has 0 spiro atoms. The summed E-state index contributed by atoms with van der Waals surface area (Å²) in [5.74, 6) is 8.13. The molecule has 16 heavy (non-hydrogen) atoms. The third-order valence-electron chi connectivity index (χ3n) is 2.74. The number of nitrogens with two attached hydrogens (primary N) is 1. The zero-order valence-electron chi connectivity index (χ0n) is 9.87. The maximum Gasteiger partial charge on any atom is 0.0222 e. The van der Waals surface area contributed by atoms with Crippen LogP contribution in [0.2, 0.25) is 0 Å². The molecule has 0 aromatic heterocycles. The maximum absolute atomic E-state index is 5.49. The fourth-order valence-electron chi connectivity index (χ4n) is 1.78. The standard InChI is InChI=1S/C14H20N2/c1-3-4-8-14(16-15)10-9-13-7-5-6-12(2)11-13/h1,5-7,11,14,16H,4,8-10,15H2,2H3. The number of terminal acetylenes is 1. The Balaban J connectivity index is 2.40. The van der Waals surface area contributed by atoms with E-state index in [2.05, 4.69) is 42.5 Å². The van der Waals surface area contributed by atoms with Gasteiger partial charge in [0.15, 0.2) is 0 Å². The molecule has 0 aliphatic rings. The largest absolute Gasteiger partial charge is 0.271 e. The van der Waals surface area contributed by atoms with Crippen molar-refractivity contribution in [3.05, 3.63) is 35.4 Å². The third-order valence-corrected chi connectivity index (χ3v) is 2.74. The summed E-state index contributed by atoms with van der Waals surface area (Å²) in [6, 6.07) is 8.89. The summed E-state index contributed by atoms with van der Waals surface area (Å²) in [7, 11) is 0. The van der Waals surface area contributed by atoms with Gasteiger partial charge in [0.1, 0.15) is 0 Å². The van der Waals surface area contributed by atoms with Gasteiger partial charge in [0.05, 0.1) is 0 Å². The van der Waals surface area contributed by atoms with Crippen molar-refractivity contribution in [1.29, 1.82) is 0 Å². The molecule has 0 saturated carbocycles. The van der Waals surface area contributed by atoms with Crippen molar-refractivity contribution in [2.75, 3.05) is 0 Å². The topological polar surface area (TPSA) is 38.0 Å². The van der Waals surface area contributed by atoms with Crippen molar-refractivity contribution in [3.63, 3.8) is 0 Å². The molecule has 3 N–H and O–H groups in total. The average molecular weight is 216 g/mol. The van der Waals surface area contributed by atoms with Gasteiger partial charge < -0.3 is 0 Å². The van der Waals surface area contributed by atoms with E-state index in [1.165, 1.54) is 11.1 Å². The summed E-state index contributed by atoms with van der Waals surface area (Å²) in [6.07, 6.45) is 9.04. The lowest BCUT2D eigenvalue weighted by atomic mass is 10.0. The molecule has 1 aromatic carbocycles. The quantitative estimate of drug-likeness (QED) is 0.434. The fourth-order valence-corrected chi connectivity index (χ4v) is 1.78. The number of hydrogen-bond donors (Lipinski definition) is 2. The van der Waals surface area contributed by atoms with E-state index in [-0.39, 0.29) is 0 Å². The molecular weight excluding hydrogens is 196 g/mol. The van der Waals surface area contributed by atoms with Crippen LogP contribution in [0.25, 0.3) is 0 Å². The zero-order valence-corrected chi connectivity index (χ0v) is 9.87. The zero-order chi connectivity index (χ0) is 11.8. The molecular formula is C14H20N2. The van der Waals surface area contributed by atoms with E-state index in [9.17, 15) is 0 Å². The van der Waals surface area contributed by atoms with Gasteiger partial charge in [-0.3, -0.25) is 11.3 Å². The van der Waals surface area contributed by atoms with Crippen LogP contribution < -0.4 is 11.3 Å². The third kappa shape index (κ3) is 4.48. The Hall–Kier alpha value is -1.30. The van der Waals surface area contributed by atoms with Gasteiger partial charge in [0.2, 0.25) is 0 Å². The van der Waals surface area contributed by atoms with Crippen molar-refractivity contribution >= 4 is 0 Å². The van der Waals surface area contributed by atoms with E-state index in [1.54, 1.807) is 0 Å². The van der Waals surface area contributed by atoms with Crippen LogP contribution in [-0.4, -0.2) is 6.04 Å². The van der Waals surface area contributed by atoms with Crippen molar-refractivity contribution in [2.24, 2.45) is 5.84 Å². The van der Waals surface area contributed by atoms with Gasteiger partial charge in [0, 0.05) is 12.5 Å². The van der Waals surface area contributed by atoms with Crippen LogP contribution in [0.4, 0.5) is 0 Å². The summed E-state index contributed by atoms with van der Waals surface area (Å²) >= 11 is 0. The van der Waals surface area contributed by atoms with Gasteiger partial charge in [-0.05, 0) is 31.7 Å². The summed E-state index contributed by atoms with van der Waals surface area (Å²) in [5, 5.41) is 0. The van der Waals surface area contributed by atoms with Crippen LogP contribution in [0, 0.1) is 19.3 Å². The van der Waals surface area contributed by atoms with Gasteiger partial charge in [-0.25, -0.2) is 0 Å². The van der Waals surface area contributed by atoms with Crippen LogP contribution in [0.3, 0.4) is 0 Å². The van der Waals surface area contributed by atoms with Crippen molar-refractivity contribution in [3.8, 4) is 12.3 Å². The predicted octanol–water partition coefficient (Wildman–Crippen LogP) is 2.17. The van der Waals surface area contributed by atoms with Crippen molar-refractivity contribution in [2.45, 2.75) is 38.6 Å². The number of hydrogen-bond acceptors (Lipinski definition) is 2. The van der Waals surface area contributed by atoms with Crippen LogP contribution in [0.5, 0.6) is 0 Å². The summed E-state index contributed by atoms with van der Waals surface area (Å²) < 4.78 is 0. The molecule has 1 rings (SSSR count). The monoisotopic (exact) mass is 216 g/mol.